The first kappa shape index (κ1) is 17.4. The van der Waals surface area contributed by atoms with Gasteiger partial charge in [0.05, 0.1) is 5.69 Å². The molecule has 0 radical (unpaired) electrons. The van der Waals surface area contributed by atoms with Gasteiger partial charge in [-0.2, -0.15) is 0 Å². The van der Waals surface area contributed by atoms with Crippen molar-refractivity contribution in [1.29, 1.82) is 0 Å². The van der Waals surface area contributed by atoms with Crippen molar-refractivity contribution in [3.05, 3.63) is 65.9 Å². The van der Waals surface area contributed by atoms with Crippen LogP contribution in [-0.2, 0) is 11.8 Å². The maximum atomic E-state index is 12.2. The zero-order valence-corrected chi connectivity index (χ0v) is 15.1. The van der Waals surface area contributed by atoms with E-state index in [4.69, 9.17) is 16.3 Å². The van der Waals surface area contributed by atoms with Gasteiger partial charge in [0.2, 0.25) is 0 Å². The normalized spacial score (nSPS) is 10.5. The summed E-state index contributed by atoms with van der Waals surface area (Å²) >= 11 is 7.38. The zero-order chi connectivity index (χ0) is 17.6. The molecule has 3 aromatic rings. The van der Waals surface area contributed by atoms with Crippen LogP contribution in [0.3, 0.4) is 0 Å². The van der Waals surface area contributed by atoms with E-state index in [9.17, 15) is 4.79 Å². The Bertz CT molecular complexity index is 882. The molecule has 0 spiro atoms. The van der Waals surface area contributed by atoms with E-state index in [1.54, 1.807) is 30.5 Å². The molecule has 0 bridgehead atoms. The number of anilines is 1. The highest BCUT2D eigenvalue weighted by atomic mass is 35.5. The van der Waals surface area contributed by atoms with E-state index in [0.29, 0.717) is 10.8 Å². The number of aromatic nitrogens is 2. The van der Waals surface area contributed by atoms with Gasteiger partial charge < -0.3 is 14.6 Å². The van der Waals surface area contributed by atoms with E-state index in [-0.39, 0.29) is 12.5 Å². The number of hydrogen-bond acceptors (Lipinski definition) is 4. The van der Waals surface area contributed by atoms with Crippen molar-refractivity contribution in [1.82, 2.24) is 9.55 Å². The van der Waals surface area contributed by atoms with Gasteiger partial charge in [0.1, 0.15) is 5.75 Å². The molecule has 0 atom stereocenters. The van der Waals surface area contributed by atoms with Crippen molar-refractivity contribution in [3.63, 3.8) is 0 Å². The van der Waals surface area contributed by atoms with Crippen molar-refractivity contribution in [2.75, 3.05) is 11.9 Å². The first-order chi connectivity index (χ1) is 12.1. The molecule has 128 valence electrons. The Balaban J connectivity index is 1.64. The quantitative estimate of drug-likeness (QED) is 0.702. The smallest absolute Gasteiger partial charge is 0.262 e. The molecular formula is C18H16ClN3O2S. The van der Waals surface area contributed by atoms with Gasteiger partial charge in [-0.3, -0.25) is 4.79 Å². The molecular weight excluding hydrogens is 358 g/mol. The van der Waals surface area contributed by atoms with Crippen molar-refractivity contribution in [2.45, 2.75) is 10.1 Å². The third kappa shape index (κ3) is 4.78. The van der Waals surface area contributed by atoms with Crippen LogP contribution in [0, 0.1) is 0 Å². The third-order valence-corrected chi connectivity index (χ3v) is 4.69. The number of halogens is 1. The van der Waals surface area contributed by atoms with Crippen molar-refractivity contribution < 1.29 is 9.53 Å². The number of carbonyl (C=O) groups is 1. The standard InChI is InChI=1S/C18H16ClN3O2S/c1-22-10-9-20-18(22)25-16-8-3-2-7-15(16)21-17(23)12-24-14-6-4-5-13(19)11-14/h2-11H,12H2,1H3,(H,21,23). The van der Waals surface area contributed by atoms with E-state index >= 15 is 0 Å². The summed E-state index contributed by atoms with van der Waals surface area (Å²) in [7, 11) is 1.93. The summed E-state index contributed by atoms with van der Waals surface area (Å²) in [6, 6.07) is 14.5. The predicted molar refractivity (Wildman–Crippen MR) is 99.3 cm³/mol. The minimum Gasteiger partial charge on any atom is -0.484 e. The largest absolute Gasteiger partial charge is 0.484 e. The highest BCUT2D eigenvalue weighted by Gasteiger charge is 2.10. The first-order valence-electron chi connectivity index (χ1n) is 7.54. The molecule has 0 saturated carbocycles. The van der Waals surface area contributed by atoms with Crippen LogP contribution in [-0.4, -0.2) is 22.1 Å². The second-order valence-electron chi connectivity index (χ2n) is 5.21. The maximum absolute atomic E-state index is 12.2. The average molecular weight is 374 g/mol. The van der Waals surface area contributed by atoms with Gasteiger partial charge in [0.25, 0.3) is 5.91 Å². The van der Waals surface area contributed by atoms with Crippen LogP contribution < -0.4 is 10.1 Å². The Morgan fingerprint density at radius 3 is 2.88 bits per heavy atom. The fourth-order valence-electron chi connectivity index (χ4n) is 2.10. The molecule has 3 rings (SSSR count). The highest BCUT2D eigenvalue weighted by Crippen LogP contribution is 2.32. The molecule has 0 fully saturated rings. The molecule has 0 aliphatic rings. The second-order valence-corrected chi connectivity index (χ2v) is 6.66. The van der Waals surface area contributed by atoms with Crippen LogP contribution >= 0.6 is 23.4 Å². The lowest BCUT2D eigenvalue weighted by molar-refractivity contribution is -0.118. The molecule has 1 aromatic heterocycles. The van der Waals surface area contributed by atoms with Gasteiger partial charge in [-0.1, -0.05) is 29.8 Å². The summed E-state index contributed by atoms with van der Waals surface area (Å²) in [6.07, 6.45) is 3.62. The van der Waals surface area contributed by atoms with Crippen molar-refractivity contribution in [2.24, 2.45) is 7.05 Å². The lowest BCUT2D eigenvalue weighted by Gasteiger charge is -2.11. The summed E-state index contributed by atoms with van der Waals surface area (Å²) < 4.78 is 7.39. The van der Waals surface area contributed by atoms with Gasteiger partial charge >= 0.3 is 0 Å². The van der Waals surface area contributed by atoms with Crippen LogP contribution in [0.15, 0.2) is 71.0 Å². The zero-order valence-electron chi connectivity index (χ0n) is 13.5. The second kappa shape index (κ2) is 8.09. The monoisotopic (exact) mass is 373 g/mol. The number of imidazole rings is 1. The summed E-state index contributed by atoms with van der Waals surface area (Å²) in [5.74, 6) is 0.311. The molecule has 0 saturated heterocycles. The molecule has 1 N–H and O–H groups in total. The Morgan fingerprint density at radius 2 is 2.12 bits per heavy atom. The molecule has 0 aliphatic heterocycles. The van der Waals surface area contributed by atoms with E-state index in [2.05, 4.69) is 10.3 Å². The number of aryl methyl sites for hydroxylation is 1. The fourth-order valence-corrected chi connectivity index (χ4v) is 3.17. The minimum atomic E-state index is -0.243. The number of nitrogens with zero attached hydrogens (tertiary/aromatic N) is 2. The Labute approximate surface area is 155 Å². The van der Waals surface area contributed by atoms with E-state index < -0.39 is 0 Å². The number of hydrogen-bond donors (Lipinski definition) is 1. The lowest BCUT2D eigenvalue weighted by Crippen LogP contribution is -2.20. The molecule has 0 unspecified atom stereocenters. The summed E-state index contributed by atoms with van der Waals surface area (Å²) in [6.45, 7) is -0.0955. The number of ether oxygens (including phenoxy) is 1. The van der Waals surface area contributed by atoms with Crippen LogP contribution in [0.1, 0.15) is 0 Å². The predicted octanol–water partition coefficient (Wildman–Crippen LogP) is 4.24. The van der Waals surface area contributed by atoms with Gasteiger partial charge in [-0.25, -0.2) is 4.98 Å². The SMILES string of the molecule is Cn1ccnc1Sc1ccccc1NC(=O)COc1cccc(Cl)c1. The summed E-state index contributed by atoms with van der Waals surface area (Å²) in [4.78, 5) is 17.4. The number of nitrogens with one attached hydrogen (secondary N) is 1. The molecule has 5 nitrogen and oxygen atoms in total. The number of amides is 1. The maximum Gasteiger partial charge on any atom is 0.262 e. The van der Waals surface area contributed by atoms with Crippen molar-refractivity contribution >= 4 is 35.0 Å². The molecule has 7 heteroatoms. The van der Waals surface area contributed by atoms with Crippen LogP contribution in [0.4, 0.5) is 5.69 Å². The average Bonchev–Trinajstić information content (AvgIpc) is 3.00. The third-order valence-electron chi connectivity index (χ3n) is 3.31. The molecule has 0 aliphatic carbocycles. The fraction of sp³-hybridized carbons (Fsp3) is 0.111. The first-order valence-corrected chi connectivity index (χ1v) is 8.74. The number of para-hydroxylation sites is 1. The minimum absolute atomic E-state index is 0.0955. The van der Waals surface area contributed by atoms with E-state index in [1.807, 2.05) is 42.1 Å². The van der Waals surface area contributed by atoms with Gasteiger partial charge in [-0.15, -0.1) is 0 Å². The Kier molecular flexibility index (Phi) is 5.63. The number of rotatable bonds is 6. The summed E-state index contributed by atoms with van der Waals surface area (Å²) in [5.41, 5.74) is 0.718. The van der Waals surface area contributed by atoms with Crippen LogP contribution in [0.2, 0.25) is 5.02 Å². The molecule has 1 amide bonds. The molecule has 2 aromatic carbocycles. The number of benzene rings is 2. The number of carbonyl (C=O) groups excluding carboxylic acids is 1. The van der Waals surface area contributed by atoms with E-state index in [1.165, 1.54) is 11.8 Å². The van der Waals surface area contributed by atoms with Gasteiger partial charge in [-0.05, 0) is 42.1 Å². The topological polar surface area (TPSA) is 56.2 Å². The van der Waals surface area contributed by atoms with Crippen LogP contribution in [0.5, 0.6) is 5.75 Å². The van der Waals surface area contributed by atoms with Gasteiger partial charge in [0, 0.05) is 29.4 Å². The van der Waals surface area contributed by atoms with Crippen LogP contribution in [0.25, 0.3) is 0 Å². The molecule has 25 heavy (non-hydrogen) atoms. The highest BCUT2D eigenvalue weighted by molar-refractivity contribution is 7.99. The Morgan fingerprint density at radius 1 is 1.28 bits per heavy atom. The van der Waals surface area contributed by atoms with Crippen molar-refractivity contribution in [3.8, 4) is 5.75 Å². The lowest BCUT2D eigenvalue weighted by atomic mass is 10.3. The van der Waals surface area contributed by atoms with Gasteiger partial charge in [0.15, 0.2) is 11.8 Å². The molecule has 1 heterocycles. The van der Waals surface area contributed by atoms with E-state index in [0.717, 1.165) is 15.7 Å². The summed E-state index contributed by atoms with van der Waals surface area (Å²) in [5, 5.41) is 4.28. The Hall–Kier alpha value is -2.44.